The van der Waals surface area contributed by atoms with E-state index in [4.69, 9.17) is 0 Å². The molecule has 1 fully saturated rings. The average molecular weight is 300 g/mol. The minimum atomic E-state index is -4.30. The van der Waals surface area contributed by atoms with E-state index in [0.717, 1.165) is 43.4 Å². The van der Waals surface area contributed by atoms with Crippen LogP contribution in [0, 0.1) is 5.92 Å². The van der Waals surface area contributed by atoms with Gasteiger partial charge in [-0.25, -0.2) is 0 Å². The van der Waals surface area contributed by atoms with E-state index < -0.39 is 17.3 Å². The first kappa shape index (κ1) is 16.3. The van der Waals surface area contributed by atoms with Gasteiger partial charge >= 0.3 is 6.18 Å². The minimum Gasteiger partial charge on any atom is -0.390 e. The molecule has 0 spiro atoms. The summed E-state index contributed by atoms with van der Waals surface area (Å²) in [5.41, 5.74) is -0.603. The van der Waals surface area contributed by atoms with E-state index in [1.807, 2.05) is 0 Å². The van der Waals surface area contributed by atoms with Gasteiger partial charge in [0.25, 0.3) is 0 Å². The van der Waals surface area contributed by atoms with Crippen LogP contribution in [-0.2, 0) is 12.6 Å². The van der Waals surface area contributed by atoms with Crippen LogP contribution in [0.15, 0.2) is 24.3 Å². The van der Waals surface area contributed by atoms with Crippen LogP contribution in [0.1, 0.15) is 56.6 Å². The zero-order valence-corrected chi connectivity index (χ0v) is 12.4. The molecule has 4 heteroatoms. The van der Waals surface area contributed by atoms with Crippen molar-refractivity contribution in [2.24, 2.45) is 5.92 Å². The first-order valence-electron chi connectivity index (χ1n) is 7.71. The summed E-state index contributed by atoms with van der Waals surface area (Å²) in [6.45, 7) is 2.17. The van der Waals surface area contributed by atoms with Gasteiger partial charge in [-0.15, -0.1) is 0 Å². The van der Waals surface area contributed by atoms with Gasteiger partial charge in [-0.2, -0.15) is 13.2 Å². The number of hydrogen-bond acceptors (Lipinski definition) is 1. The molecule has 1 aromatic carbocycles. The second kappa shape index (κ2) is 6.39. The Morgan fingerprint density at radius 1 is 1.14 bits per heavy atom. The number of halogens is 3. The van der Waals surface area contributed by atoms with E-state index in [1.54, 1.807) is 0 Å². The van der Waals surface area contributed by atoms with E-state index in [1.165, 1.54) is 25.0 Å². The highest BCUT2D eigenvalue weighted by Gasteiger charge is 2.34. The van der Waals surface area contributed by atoms with Crippen LogP contribution in [-0.4, -0.2) is 10.7 Å². The molecule has 1 aromatic rings. The summed E-state index contributed by atoms with van der Waals surface area (Å²) >= 11 is 0. The standard InChI is InChI=1S/C17H23F3O/c1-2-3-13-8-10-16(21,11-9-13)12-14-4-6-15(7-5-14)17(18,19)20/h4-7,13,21H,2-3,8-12H2,1H3. The van der Waals surface area contributed by atoms with Crippen LogP contribution in [0.4, 0.5) is 13.2 Å². The van der Waals surface area contributed by atoms with Crippen LogP contribution in [0.25, 0.3) is 0 Å². The Labute approximate surface area is 124 Å². The lowest BCUT2D eigenvalue weighted by Gasteiger charge is -2.36. The number of aliphatic hydroxyl groups is 1. The molecule has 0 aromatic heterocycles. The number of rotatable bonds is 4. The van der Waals surface area contributed by atoms with Crippen molar-refractivity contribution in [3.05, 3.63) is 35.4 Å². The van der Waals surface area contributed by atoms with Gasteiger partial charge in [0.1, 0.15) is 0 Å². The average Bonchev–Trinajstić information content (AvgIpc) is 2.41. The Morgan fingerprint density at radius 3 is 2.19 bits per heavy atom. The molecule has 1 aliphatic carbocycles. The third-order valence-electron chi connectivity index (χ3n) is 4.55. The highest BCUT2D eigenvalue weighted by atomic mass is 19.4. The normalized spacial score (nSPS) is 26.8. The zero-order chi connectivity index (χ0) is 15.5. The van der Waals surface area contributed by atoms with E-state index in [-0.39, 0.29) is 0 Å². The third kappa shape index (κ3) is 4.47. The highest BCUT2D eigenvalue weighted by molar-refractivity contribution is 5.25. The van der Waals surface area contributed by atoms with Crippen LogP contribution in [0.3, 0.4) is 0 Å². The SMILES string of the molecule is CCCC1CCC(O)(Cc2ccc(C(F)(F)F)cc2)CC1. The molecule has 0 radical (unpaired) electrons. The monoisotopic (exact) mass is 300 g/mol. The van der Waals surface area contributed by atoms with Crippen molar-refractivity contribution in [2.75, 3.05) is 0 Å². The summed E-state index contributed by atoms with van der Waals surface area (Å²) in [5.74, 6) is 0.697. The maximum atomic E-state index is 12.5. The van der Waals surface area contributed by atoms with Gasteiger partial charge in [0.05, 0.1) is 11.2 Å². The van der Waals surface area contributed by atoms with Gasteiger partial charge in [-0.1, -0.05) is 31.9 Å². The molecule has 2 rings (SSSR count). The summed E-state index contributed by atoms with van der Waals surface area (Å²) in [7, 11) is 0. The molecule has 0 heterocycles. The van der Waals surface area contributed by atoms with Gasteiger partial charge in [0.2, 0.25) is 0 Å². The van der Waals surface area contributed by atoms with Crippen molar-refractivity contribution < 1.29 is 18.3 Å². The molecule has 1 aliphatic rings. The molecule has 0 unspecified atom stereocenters. The van der Waals surface area contributed by atoms with Gasteiger partial charge in [-0.05, 0) is 49.3 Å². The van der Waals surface area contributed by atoms with E-state index in [9.17, 15) is 18.3 Å². The summed E-state index contributed by atoms with van der Waals surface area (Å²) in [4.78, 5) is 0. The Morgan fingerprint density at radius 2 is 1.71 bits per heavy atom. The van der Waals surface area contributed by atoms with Crippen LogP contribution in [0.2, 0.25) is 0 Å². The molecule has 0 saturated heterocycles. The van der Waals surface area contributed by atoms with Crippen molar-refractivity contribution >= 4 is 0 Å². The molecule has 1 saturated carbocycles. The van der Waals surface area contributed by atoms with Crippen molar-refractivity contribution in [3.8, 4) is 0 Å². The van der Waals surface area contributed by atoms with Crippen molar-refractivity contribution in [3.63, 3.8) is 0 Å². The maximum Gasteiger partial charge on any atom is 0.416 e. The Hall–Kier alpha value is -1.03. The number of alkyl halides is 3. The number of benzene rings is 1. The highest BCUT2D eigenvalue weighted by Crippen LogP contribution is 2.37. The Balaban J connectivity index is 1.95. The van der Waals surface area contributed by atoms with Crippen molar-refractivity contribution in [1.82, 2.24) is 0 Å². The fourth-order valence-electron chi connectivity index (χ4n) is 3.28. The summed E-state index contributed by atoms with van der Waals surface area (Å²) < 4.78 is 37.6. The molecule has 118 valence electrons. The lowest BCUT2D eigenvalue weighted by molar-refractivity contribution is -0.137. The summed E-state index contributed by atoms with van der Waals surface area (Å²) in [5, 5.41) is 10.6. The maximum absolute atomic E-state index is 12.5. The summed E-state index contributed by atoms with van der Waals surface area (Å²) in [6, 6.07) is 5.17. The van der Waals surface area contributed by atoms with Gasteiger partial charge < -0.3 is 5.11 Å². The second-order valence-electron chi connectivity index (χ2n) is 6.33. The lowest BCUT2D eigenvalue weighted by Crippen LogP contribution is -2.36. The van der Waals surface area contributed by atoms with Crippen LogP contribution < -0.4 is 0 Å². The molecule has 0 atom stereocenters. The Bertz CT molecular complexity index is 442. The molecular weight excluding hydrogens is 277 g/mol. The first-order valence-corrected chi connectivity index (χ1v) is 7.71. The fraction of sp³-hybridized carbons (Fsp3) is 0.647. The molecule has 21 heavy (non-hydrogen) atoms. The molecule has 1 N–H and O–H groups in total. The smallest absolute Gasteiger partial charge is 0.390 e. The van der Waals surface area contributed by atoms with Crippen LogP contribution >= 0.6 is 0 Å². The van der Waals surface area contributed by atoms with E-state index in [0.29, 0.717) is 12.3 Å². The predicted molar refractivity (Wildman–Crippen MR) is 77.0 cm³/mol. The van der Waals surface area contributed by atoms with Gasteiger partial charge in [-0.3, -0.25) is 0 Å². The van der Waals surface area contributed by atoms with E-state index >= 15 is 0 Å². The minimum absolute atomic E-state index is 0.448. The van der Waals surface area contributed by atoms with Crippen molar-refractivity contribution in [2.45, 2.75) is 63.6 Å². The molecule has 0 aliphatic heterocycles. The molecule has 0 amide bonds. The topological polar surface area (TPSA) is 20.2 Å². The van der Waals surface area contributed by atoms with Crippen LogP contribution in [0.5, 0.6) is 0 Å². The second-order valence-corrected chi connectivity index (χ2v) is 6.33. The zero-order valence-electron chi connectivity index (χ0n) is 12.4. The third-order valence-corrected chi connectivity index (χ3v) is 4.55. The lowest BCUT2D eigenvalue weighted by atomic mass is 9.74. The van der Waals surface area contributed by atoms with Gasteiger partial charge in [0, 0.05) is 6.42 Å². The fourth-order valence-corrected chi connectivity index (χ4v) is 3.28. The van der Waals surface area contributed by atoms with Gasteiger partial charge in [0.15, 0.2) is 0 Å². The molecular formula is C17H23F3O. The molecule has 0 bridgehead atoms. The largest absolute Gasteiger partial charge is 0.416 e. The predicted octanol–water partition coefficient (Wildman–Crippen LogP) is 4.97. The van der Waals surface area contributed by atoms with Crippen molar-refractivity contribution in [1.29, 1.82) is 0 Å². The molecule has 1 nitrogen and oxygen atoms in total. The Kier molecular flexibility index (Phi) is 4.97. The quantitative estimate of drug-likeness (QED) is 0.832. The first-order chi connectivity index (χ1) is 9.82. The van der Waals surface area contributed by atoms with E-state index in [2.05, 4.69) is 6.92 Å². The number of hydrogen-bond donors (Lipinski definition) is 1. The summed E-state index contributed by atoms with van der Waals surface area (Å²) in [6.07, 6.45) is 2.06.